The zero-order valence-corrected chi connectivity index (χ0v) is 23.6. The van der Waals surface area contributed by atoms with E-state index in [1.54, 1.807) is 37.3 Å². The summed E-state index contributed by atoms with van der Waals surface area (Å²) in [6.45, 7) is 2.52. The molecule has 13 heteroatoms. The van der Waals surface area contributed by atoms with Crippen molar-refractivity contribution in [2.45, 2.75) is 38.6 Å². The minimum absolute atomic E-state index is 0.0307. The summed E-state index contributed by atoms with van der Waals surface area (Å²) in [7, 11) is 0. The lowest BCUT2D eigenvalue weighted by Crippen LogP contribution is -2.47. The molecule has 1 aliphatic rings. The number of carbonyl (C=O) groups is 2. The number of alkyl halides is 3. The van der Waals surface area contributed by atoms with Gasteiger partial charge < -0.3 is 15.3 Å². The molecule has 2 aromatic heterocycles. The summed E-state index contributed by atoms with van der Waals surface area (Å²) < 4.78 is 55.2. The first kappa shape index (κ1) is 31.7. The van der Waals surface area contributed by atoms with Gasteiger partial charge in [0, 0.05) is 24.3 Å². The highest BCUT2D eigenvalue weighted by Gasteiger charge is 2.43. The van der Waals surface area contributed by atoms with E-state index in [9.17, 15) is 37.5 Å². The second kappa shape index (κ2) is 13.4. The first-order valence-electron chi connectivity index (χ1n) is 13.3. The molecular formula is C31H26F4N6O3. The topological polar surface area (TPSA) is 122 Å². The number of nitriles is 1. The summed E-state index contributed by atoms with van der Waals surface area (Å²) in [5.74, 6) is 3.90. The van der Waals surface area contributed by atoms with E-state index in [0.29, 0.717) is 0 Å². The molecule has 2 atom stereocenters. The fraction of sp³-hybridized carbons (Fsp3) is 0.258. The van der Waals surface area contributed by atoms with Crippen molar-refractivity contribution in [3.05, 3.63) is 89.0 Å². The molecule has 1 saturated heterocycles. The fourth-order valence-electron chi connectivity index (χ4n) is 4.68. The summed E-state index contributed by atoms with van der Waals surface area (Å²) in [6.07, 6.45) is -3.25. The molecule has 1 aliphatic heterocycles. The van der Waals surface area contributed by atoms with Crippen LogP contribution in [0.2, 0.25) is 0 Å². The van der Waals surface area contributed by atoms with Gasteiger partial charge in [-0.3, -0.25) is 14.5 Å². The van der Waals surface area contributed by atoms with Gasteiger partial charge in [-0.25, -0.2) is 14.4 Å². The van der Waals surface area contributed by atoms with Crippen LogP contribution in [-0.4, -0.2) is 52.1 Å². The van der Waals surface area contributed by atoms with E-state index in [4.69, 9.17) is 0 Å². The maximum absolute atomic E-state index is 14.0. The molecule has 0 aliphatic carbocycles. The third kappa shape index (κ3) is 7.38. The summed E-state index contributed by atoms with van der Waals surface area (Å²) in [5.41, 5.74) is -1.49. The van der Waals surface area contributed by atoms with Gasteiger partial charge >= 0.3 is 6.18 Å². The van der Waals surface area contributed by atoms with Crippen LogP contribution in [0.3, 0.4) is 0 Å². The van der Waals surface area contributed by atoms with Crippen molar-refractivity contribution in [1.82, 2.24) is 9.97 Å². The van der Waals surface area contributed by atoms with Gasteiger partial charge in [0.1, 0.15) is 40.8 Å². The van der Waals surface area contributed by atoms with E-state index in [0.717, 1.165) is 18.2 Å². The lowest BCUT2D eigenvalue weighted by Gasteiger charge is -2.31. The van der Waals surface area contributed by atoms with E-state index in [2.05, 4.69) is 27.1 Å². The molecule has 2 amide bonds. The number of hydrogen-bond acceptors (Lipinski definition) is 7. The highest BCUT2D eigenvalue weighted by atomic mass is 19.4. The lowest BCUT2D eigenvalue weighted by molar-refractivity contribution is -0.137. The first-order valence-corrected chi connectivity index (χ1v) is 13.3. The van der Waals surface area contributed by atoms with Crippen LogP contribution in [0.15, 0.2) is 60.7 Å². The van der Waals surface area contributed by atoms with Crippen molar-refractivity contribution in [2.75, 3.05) is 28.2 Å². The number of aliphatic hydroxyl groups is 1. The summed E-state index contributed by atoms with van der Waals surface area (Å²) >= 11 is 0. The monoisotopic (exact) mass is 606 g/mol. The van der Waals surface area contributed by atoms with E-state index in [1.807, 2.05) is 0 Å². The minimum Gasteiger partial charge on any atom is -0.391 e. The Kier molecular flexibility index (Phi) is 9.61. The Morgan fingerprint density at radius 2 is 1.93 bits per heavy atom. The van der Waals surface area contributed by atoms with Crippen LogP contribution in [0.4, 0.5) is 34.9 Å². The Morgan fingerprint density at radius 1 is 1.20 bits per heavy atom. The molecule has 226 valence electrons. The molecule has 3 heterocycles. The normalized spacial score (nSPS) is 16.3. The Morgan fingerprint density at radius 3 is 2.59 bits per heavy atom. The van der Waals surface area contributed by atoms with Gasteiger partial charge in [-0.15, -0.1) is 0 Å². The van der Waals surface area contributed by atoms with Crippen molar-refractivity contribution in [2.24, 2.45) is 0 Å². The molecule has 44 heavy (non-hydrogen) atoms. The van der Waals surface area contributed by atoms with Crippen LogP contribution in [0, 0.1) is 35.9 Å². The number of rotatable bonds is 6. The van der Waals surface area contributed by atoms with Gasteiger partial charge in [0.15, 0.2) is 0 Å². The Labute approximate surface area is 250 Å². The number of amides is 2. The average molecular weight is 607 g/mol. The van der Waals surface area contributed by atoms with Gasteiger partial charge in [-0.1, -0.05) is 18.1 Å². The van der Waals surface area contributed by atoms with Crippen LogP contribution in [0.5, 0.6) is 0 Å². The van der Waals surface area contributed by atoms with Crippen molar-refractivity contribution in [1.29, 1.82) is 5.26 Å². The number of aryl methyl sites for hydroxylation is 1. The maximum Gasteiger partial charge on any atom is 0.417 e. The highest BCUT2D eigenvalue weighted by Crippen LogP contribution is 2.38. The van der Waals surface area contributed by atoms with E-state index < -0.39 is 41.2 Å². The van der Waals surface area contributed by atoms with Crippen LogP contribution >= 0.6 is 0 Å². The quantitative estimate of drug-likeness (QED) is 0.243. The van der Waals surface area contributed by atoms with Gasteiger partial charge in [-0.2, -0.15) is 18.4 Å². The van der Waals surface area contributed by atoms with Crippen LogP contribution < -0.4 is 15.1 Å². The predicted molar refractivity (Wildman–Crippen MR) is 154 cm³/mol. The van der Waals surface area contributed by atoms with Crippen LogP contribution in [-0.2, 0) is 15.8 Å². The SMILES string of the molecule is C/C=C/C(=O)Nc1cccc(C#CCN(C(=O)[C@@H]2C[C@H](O)CN2c2nc(C)cc(C(F)(F)F)c2C#N)c2ccc(F)cc2)n1. The van der Waals surface area contributed by atoms with Gasteiger partial charge in [-0.05, 0) is 68.3 Å². The molecule has 0 spiro atoms. The number of benzene rings is 1. The second-order valence-electron chi connectivity index (χ2n) is 9.78. The maximum atomic E-state index is 14.0. The molecule has 0 bridgehead atoms. The van der Waals surface area contributed by atoms with Crippen LogP contribution in [0.25, 0.3) is 0 Å². The zero-order valence-electron chi connectivity index (χ0n) is 23.6. The van der Waals surface area contributed by atoms with Crippen molar-refractivity contribution < 1.29 is 32.3 Å². The number of nitrogens with zero attached hydrogens (tertiary/aromatic N) is 5. The molecule has 1 fully saturated rings. The highest BCUT2D eigenvalue weighted by molar-refractivity contribution is 6.00. The van der Waals surface area contributed by atoms with E-state index in [-0.39, 0.29) is 54.1 Å². The zero-order chi connectivity index (χ0) is 32.0. The number of anilines is 3. The first-order chi connectivity index (χ1) is 20.9. The van der Waals surface area contributed by atoms with Gasteiger partial charge in [0.2, 0.25) is 5.91 Å². The number of allylic oxidation sites excluding steroid dienone is 1. The molecule has 4 rings (SSSR count). The molecular weight excluding hydrogens is 580 g/mol. The Balaban J connectivity index is 1.69. The molecule has 0 saturated carbocycles. The number of aromatic nitrogens is 2. The van der Waals surface area contributed by atoms with Crippen molar-refractivity contribution in [3.8, 4) is 17.9 Å². The van der Waals surface area contributed by atoms with Gasteiger partial charge in [0.25, 0.3) is 5.91 Å². The smallest absolute Gasteiger partial charge is 0.391 e. The number of nitrogens with one attached hydrogen (secondary N) is 1. The standard InChI is InChI=1S/C31H26F4N6O3/c1-3-6-28(43)39-27-9-4-7-21(38-27)8-5-14-40(22-12-10-20(32)11-13-22)30(44)26-16-23(42)18-41(26)29-24(17-36)25(31(33,34)35)15-19(2)37-29/h3-4,6-7,9-13,15,23,26,42H,14,16,18H2,1-2H3,(H,38,39,43)/b6-3+/t23-,26-/m0/s1. The largest absolute Gasteiger partial charge is 0.417 e. The van der Waals surface area contributed by atoms with Crippen molar-refractivity contribution >= 4 is 29.1 Å². The number of carbonyl (C=O) groups excluding carboxylic acids is 2. The van der Waals surface area contributed by atoms with E-state index >= 15 is 0 Å². The average Bonchev–Trinajstić information content (AvgIpc) is 3.36. The number of pyridine rings is 2. The molecule has 2 N–H and O–H groups in total. The molecule has 0 radical (unpaired) electrons. The molecule has 0 unspecified atom stereocenters. The summed E-state index contributed by atoms with van der Waals surface area (Å²) in [6, 6.07) is 10.8. The number of aliphatic hydroxyl groups excluding tert-OH is 1. The molecule has 3 aromatic rings. The van der Waals surface area contributed by atoms with Gasteiger partial charge in [0.05, 0.1) is 18.2 Å². The number of hydrogen-bond donors (Lipinski definition) is 2. The number of halogens is 4. The van der Waals surface area contributed by atoms with Crippen molar-refractivity contribution in [3.63, 3.8) is 0 Å². The minimum atomic E-state index is -4.86. The lowest BCUT2D eigenvalue weighted by atomic mass is 10.1. The Bertz CT molecular complexity index is 1690. The van der Waals surface area contributed by atoms with E-state index in [1.165, 1.54) is 34.9 Å². The Hall–Kier alpha value is -5.27. The summed E-state index contributed by atoms with van der Waals surface area (Å²) in [5, 5.41) is 22.8. The van der Waals surface area contributed by atoms with Crippen LogP contribution in [0.1, 0.15) is 35.9 Å². The summed E-state index contributed by atoms with van der Waals surface area (Å²) in [4.78, 5) is 36.7. The number of β-amino-alcohol motifs (C(OH)–C–C–N with tert-alkyl or cyclic N) is 1. The third-order valence-electron chi connectivity index (χ3n) is 6.56. The third-order valence-corrected chi connectivity index (χ3v) is 6.56. The second-order valence-corrected chi connectivity index (χ2v) is 9.78. The fourth-order valence-corrected chi connectivity index (χ4v) is 4.68. The predicted octanol–water partition coefficient (Wildman–Crippen LogP) is 4.35. The molecule has 1 aromatic carbocycles. The molecule has 9 nitrogen and oxygen atoms in total.